The highest BCUT2D eigenvalue weighted by Gasteiger charge is 2.33. The summed E-state index contributed by atoms with van der Waals surface area (Å²) in [7, 11) is 0. The van der Waals surface area contributed by atoms with Gasteiger partial charge in [-0.15, -0.1) is 0 Å². The summed E-state index contributed by atoms with van der Waals surface area (Å²) in [6.45, 7) is 2.90. The molecule has 35 heavy (non-hydrogen) atoms. The molecule has 2 aliphatic rings. The van der Waals surface area contributed by atoms with Crippen LogP contribution in [0.15, 0.2) is 42.5 Å². The molecule has 0 bridgehead atoms. The average molecular weight is 476 g/mol. The molecule has 5 rings (SSSR count). The Labute approximate surface area is 203 Å². The number of carbonyl (C=O) groups is 2. The van der Waals surface area contributed by atoms with E-state index >= 15 is 0 Å². The average Bonchev–Trinajstić information content (AvgIpc) is 3.36. The molecule has 2 amide bonds. The van der Waals surface area contributed by atoms with Crippen molar-refractivity contribution in [1.82, 2.24) is 15.5 Å². The van der Waals surface area contributed by atoms with Gasteiger partial charge in [-0.3, -0.25) is 14.8 Å². The number of aromatic amines is 1. The number of aromatic hydroxyl groups is 1. The van der Waals surface area contributed by atoms with Gasteiger partial charge in [-0.1, -0.05) is 18.2 Å². The number of nitrogens with zero attached hydrogens (tertiary/aromatic N) is 2. The maximum absolute atomic E-state index is 12.4. The molecule has 0 saturated carbocycles. The molecule has 9 heteroatoms. The number of H-pyrrole nitrogens is 1. The van der Waals surface area contributed by atoms with Crippen LogP contribution in [0.3, 0.4) is 0 Å². The lowest BCUT2D eigenvalue weighted by Gasteiger charge is -2.16. The van der Waals surface area contributed by atoms with Crippen LogP contribution in [-0.4, -0.2) is 53.0 Å². The first-order valence-electron chi connectivity index (χ1n) is 11.9. The van der Waals surface area contributed by atoms with Crippen LogP contribution in [0.2, 0.25) is 0 Å². The van der Waals surface area contributed by atoms with E-state index in [9.17, 15) is 14.7 Å². The molecule has 0 radical (unpaired) electrons. The third-order valence-electron chi connectivity index (χ3n) is 6.51. The van der Waals surface area contributed by atoms with Gasteiger partial charge in [0.1, 0.15) is 11.9 Å². The number of nitrogens with one attached hydrogen (secondary N) is 3. The number of anilines is 2. The van der Waals surface area contributed by atoms with Crippen LogP contribution in [0, 0.1) is 0 Å². The predicted octanol–water partition coefficient (Wildman–Crippen LogP) is 3.39. The van der Waals surface area contributed by atoms with Crippen LogP contribution in [0.1, 0.15) is 30.0 Å². The number of carbonyl (C=O) groups excluding carboxylic acids is 2. The minimum absolute atomic E-state index is 0.144. The van der Waals surface area contributed by atoms with E-state index in [0.29, 0.717) is 13.1 Å². The lowest BCUT2D eigenvalue weighted by molar-refractivity contribution is -0.119. The van der Waals surface area contributed by atoms with E-state index in [4.69, 9.17) is 4.74 Å². The van der Waals surface area contributed by atoms with Gasteiger partial charge < -0.3 is 20.5 Å². The zero-order valence-corrected chi connectivity index (χ0v) is 19.6. The number of cyclic esters (lactones) is 1. The second kappa shape index (κ2) is 9.69. The standard InChI is InChI=1S/C26H29N5O4/c1-16(32)28-14-21-15-31(26(34)35-21)19-7-10-22-18(13-19)3-2-4-23-24(22)29-30-25(23)27-12-11-17-5-8-20(33)9-6-17/h5-10,13,21,33H,2-4,11-12,14-15H2,1H3,(H,28,32)(H2,27,29,30)/t21-/m0/s1. The van der Waals surface area contributed by atoms with Gasteiger partial charge >= 0.3 is 6.09 Å². The number of hydrogen-bond donors (Lipinski definition) is 4. The number of rotatable bonds is 7. The first kappa shape index (κ1) is 22.8. The number of aryl methyl sites for hydroxylation is 1. The van der Waals surface area contributed by atoms with Crippen molar-refractivity contribution in [2.24, 2.45) is 0 Å². The maximum Gasteiger partial charge on any atom is 0.414 e. The van der Waals surface area contributed by atoms with Crippen molar-refractivity contribution >= 4 is 23.5 Å². The van der Waals surface area contributed by atoms with Crippen LogP contribution in [0.5, 0.6) is 5.75 Å². The van der Waals surface area contributed by atoms with Crippen molar-refractivity contribution < 1.29 is 19.4 Å². The number of amides is 2. The number of phenolic OH excluding ortho intramolecular Hbond substituents is 1. The highest BCUT2D eigenvalue weighted by molar-refractivity contribution is 5.90. The molecular weight excluding hydrogens is 446 g/mol. The fraction of sp³-hybridized carbons (Fsp3) is 0.346. The summed E-state index contributed by atoms with van der Waals surface area (Å²) < 4.78 is 5.42. The third kappa shape index (κ3) is 4.94. The number of aromatic nitrogens is 2. The Morgan fingerprint density at radius 1 is 1.23 bits per heavy atom. The Morgan fingerprint density at radius 3 is 2.86 bits per heavy atom. The molecular formula is C26H29N5O4. The first-order valence-corrected chi connectivity index (χ1v) is 11.9. The van der Waals surface area contributed by atoms with Gasteiger partial charge in [0.2, 0.25) is 5.91 Å². The molecule has 4 N–H and O–H groups in total. The number of ether oxygens (including phenoxy) is 1. The van der Waals surface area contributed by atoms with Gasteiger partial charge in [0.05, 0.1) is 18.8 Å². The largest absolute Gasteiger partial charge is 0.508 e. The van der Waals surface area contributed by atoms with Crippen molar-refractivity contribution in [1.29, 1.82) is 0 Å². The molecule has 2 heterocycles. The molecule has 0 unspecified atom stereocenters. The van der Waals surface area contributed by atoms with Crippen molar-refractivity contribution in [3.63, 3.8) is 0 Å². The molecule has 1 aliphatic heterocycles. The van der Waals surface area contributed by atoms with Gasteiger partial charge in [-0.05, 0) is 61.1 Å². The van der Waals surface area contributed by atoms with Gasteiger partial charge in [-0.25, -0.2) is 4.79 Å². The summed E-state index contributed by atoms with van der Waals surface area (Å²) in [6.07, 6.45) is 2.86. The lowest BCUT2D eigenvalue weighted by Crippen LogP contribution is -2.33. The molecule has 2 aromatic carbocycles. The zero-order valence-electron chi connectivity index (χ0n) is 19.6. The van der Waals surface area contributed by atoms with E-state index in [1.54, 1.807) is 17.0 Å². The van der Waals surface area contributed by atoms with Crippen molar-refractivity contribution in [3.05, 3.63) is 59.2 Å². The number of phenols is 1. The fourth-order valence-electron chi connectivity index (χ4n) is 4.72. The summed E-state index contributed by atoms with van der Waals surface area (Å²) in [6, 6.07) is 13.3. The Hall–Kier alpha value is -4.01. The highest BCUT2D eigenvalue weighted by Crippen LogP contribution is 2.37. The topological polar surface area (TPSA) is 120 Å². The van der Waals surface area contributed by atoms with E-state index in [1.807, 2.05) is 24.3 Å². The Bertz CT molecular complexity index is 1240. The Morgan fingerprint density at radius 2 is 2.06 bits per heavy atom. The Balaban J connectivity index is 1.29. The molecule has 1 fully saturated rings. The smallest absolute Gasteiger partial charge is 0.414 e. The summed E-state index contributed by atoms with van der Waals surface area (Å²) in [5.74, 6) is 1.00. The van der Waals surface area contributed by atoms with Gasteiger partial charge in [0.15, 0.2) is 5.82 Å². The quantitative estimate of drug-likeness (QED) is 0.416. The van der Waals surface area contributed by atoms with E-state index in [2.05, 4.69) is 26.9 Å². The normalized spacial score (nSPS) is 16.8. The highest BCUT2D eigenvalue weighted by atomic mass is 16.6. The monoisotopic (exact) mass is 475 g/mol. The molecule has 182 valence electrons. The zero-order chi connectivity index (χ0) is 24.4. The van der Waals surface area contributed by atoms with Gasteiger partial charge in [0, 0.05) is 30.3 Å². The first-order chi connectivity index (χ1) is 17.0. The van der Waals surface area contributed by atoms with Crippen LogP contribution in [-0.2, 0) is 28.8 Å². The second-order valence-corrected chi connectivity index (χ2v) is 9.02. The molecule has 9 nitrogen and oxygen atoms in total. The minimum Gasteiger partial charge on any atom is -0.508 e. The lowest BCUT2D eigenvalue weighted by atomic mass is 10.0. The van der Waals surface area contributed by atoms with Crippen molar-refractivity contribution in [2.45, 2.75) is 38.7 Å². The van der Waals surface area contributed by atoms with Crippen molar-refractivity contribution in [3.8, 4) is 17.0 Å². The van der Waals surface area contributed by atoms with Crippen LogP contribution >= 0.6 is 0 Å². The van der Waals surface area contributed by atoms with E-state index in [1.165, 1.54) is 18.1 Å². The van der Waals surface area contributed by atoms with Gasteiger partial charge in [0.25, 0.3) is 0 Å². The third-order valence-corrected chi connectivity index (χ3v) is 6.51. The van der Waals surface area contributed by atoms with E-state index < -0.39 is 6.09 Å². The van der Waals surface area contributed by atoms with E-state index in [-0.39, 0.29) is 17.8 Å². The molecule has 1 atom stereocenters. The Kier molecular flexibility index (Phi) is 6.31. The molecule has 1 saturated heterocycles. The van der Waals surface area contributed by atoms with Crippen LogP contribution in [0.25, 0.3) is 11.3 Å². The number of benzene rings is 2. The fourth-order valence-corrected chi connectivity index (χ4v) is 4.72. The minimum atomic E-state index is -0.392. The number of hydrogen-bond acceptors (Lipinski definition) is 6. The summed E-state index contributed by atoms with van der Waals surface area (Å²) in [5, 5.41) is 23.4. The predicted molar refractivity (Wildman–Crippen MR) is 133 cm³/mol. The number of fused-ring (bicyclic) bond motifs is 3. The molecule has 0 spiro atoms. The molecule has 1 aromatic heterocycles. The summed E-state index contributed by atoms with van der Waals surface area (Å²) in [4.78, 5) is 25.2. The summed E-state index contributed by atoms with van der Waals surface area (Å²) in [5.41, 5.74) is 6.41. The second-order valence-electron chi connectivity index (χ2n) is 9.02. The molecule has 3 aromatic rings. The van der Waals surface area contributed by atoms with Crippen LogP contribution < -0.4 is 15.5 Å². The van der Waals surface area contributed by atoms with E-state index in [0.717, 1.165) is 60.6 Å². The van der Waals surface area contributed by atoms with Crippen LogP contribution in [0.4, 0.5) is 16.3 Å². The maximum atomic E-state index is 12.4. The van der Waals surface area contributed by atoms with Gasteiger partial charge in [-0.2, -0.15) is 5.10 Å². The van der Waals surface area contributed by atoms with Crippen molar-refractivity contribution in [2.75, 3.05) is 29.9 Å². The molecule has 1 aliphatic carbocycles. The summed E-state index contributed by atoms with van der Waals surface area (Å²) >= 11 is 0. The SMILES string of the molecule is CC(=O)NC[C@H]1CN(c2ccc3c(c2)CCCc2c(NCCc4ccc(O)cc4)n[nH]c2-3)C(=O)O1.